The van der Waals surface area contributed by atoms with Gasteiger partial charge in [-0.2, -0.15) is 5.26 Å². The lowest BCUT2D eigenvalue weighted by Gasteiger charge is -2.27. The lowest BCUT2D eigenvalue weighted by Crippen LogP contribution is -2.34. The van der Waals surface area contributed by atoms with Crippen LogP contribution in [0.5, 0.6) is 0 Å². The molecular formula is C10H20N2. The van der Waals surface area contributed by atoms with Crippen molar-refractivity contribution in [2.24, 2.45) is 5.92 Å². The third-order valence-electron chi connectivity index (χ3n) is 2.14. The Balaban J connectivity index is 0.000000561. The molecule has 0 aromatic heterocycles. The number of likely N-dealkylation sites (tertiary alicyclic amines) is 1. The Morgan fingerprint density at radius 3 is 2.67 bits per heavy atom. The molecule has 0 aromatic carbocycles. The summed E-state index contributed by atoms with van der Waals surface area (Å²) in [5.41, 5.74) is 0. The molecule has 0 saturated carbocycles. The second-order valence-corrected chi connectivity index (χ2v) is 2.86. The molecule has 1 heterocycles. The number of rotatable bonds is 1. The van der Waals surface area contributed by atoms with Crippen LogP contribution in [0, 0.1) is 17.2 Å². The Morgan fingerprint density at radius 2 is 2.17 bits per heavy atom. The smallest absolute Gasteiger partial charge is 0.0669 e. The maximum absolute atomic E-state index is 8.63. The summed E-state index contributed by atoms with van der Waals surface area (Å²) in [6, 6.07) is 2.33. The predicted octanol–water partition coefficient (Wildman–Crippen LogP) is 2.27. The van der Waals surface area contributed by atoms with Gasteiger partial charge < -0.3 is 4.90 Å². The predicted molar refractivity (Wildman–Crippen MR) is 51.8 cm³/mol. The normalized spacial score (nSPS) is 23.7. The largest absolute Gasteiger partial charge is 0.302 e. The highest BCUT2D eigenvalue weighted by molar-refractivity contribution is 4.87. The van der Waals surface area contributed by atoms with Gasteiger partial charge in [-0.3, -0.25) is 0 Å². The Hall–Kier alpha value is -0.550. The first kappa shape index (κ1) is 11.4. The fourth-order valence-corrected chi connectivity index (χ4v) is 1.45. The summed E-state index contributed by atoms with van der Waals surface area (Å²) in [6.07, 6.45) is 2.30. The Morgan fingerprint density at radius 1 is 1.50 bits per heavy atom. The van der Waals surface area contributed by atoms with E-state index in [2.05, 4.69) is 17.9 Å². The number of piperidine rings is 1. The van der Waals surface area contributed by atoms with E-state index in [1.807, 2.05) is 13.8 Å². The van der Waals surface area contributed by atoms with Gasteiger partial charge in [-0.15, -0.1) is 0 Å². The van der Waals surface area contributed by atoms with Crippen molar-refractivity contribution in [1.82, 2.24) is 4.90 Å². The van der Waals surface area contributed by atoms with Crippen LogP contribution < -0.4 is 0 Å². The van der Waals surface area contributed by atoms with Gasteiger partial charge in [0, 0.05) is 6.54 Å². The van der Waals surface area contributed by atoms with Gasteiger partial charge in [-0.25, -0.2) is 0 Å². The van der Waals surface area contributed by atoms with Gasteiger partial charge in [0.1, 0.15) is 0 Å². The first-order valence-corrected chi connectivity index (χ1v) is 4.98. The molecule has 0 bridgehead atoms. The van der Waals surface area contributed by atoms with E-state index in [0.717, 1.165) is 19.5 Å². The molecule has 1 saturated heterocycles. The van der Waals surface area contributed by atoms with Crippen LogP contribution in [-0.4, -0.2) is 24.5 Å². The molecule has 70 valence electrons. The lowest BCUT2D eigenvalue weighted by molar-refractivity contribution is 0.209. The van der Waals surface area contributed by atoms with Crippen LogP contribution in [-0.2, 0) is 0 Å². The molecule has 1 rings (SSSR count). The molecule has 0 spiro atoms. The highest BCUT2D eigenvalue weighted by atomic mass is 15.1. The van der Waals surface area contributed by atoms with E-state index in [0.29, 0.717) is 5.92 Å². The van der Waals surface area contributed by atoms with Crippen molar-refractivity contribution in [3.05, 3.63) is 0 Å². The Kier molecular flexibility index (Phi) is 6.79. The summed E-state index contributed by atoms with van der Waals surface area (Å²) in [5, 5.41) is 8.63. The summed E-state index contributed by atoms with van der Waals surface area (Å²) in [5.74, 6) is 0.300. The molecule has 2 nitrogen and oxygen atoms in total. The second-order valence-electron chi connectivity index (χ2n) is 2.86. The van der Waals surface area contributed by atoms with Crippen molar-refractivity contribution in [2.45, 2.75) is 33.6 Å². The molecule has 2 heteroatoms. The average Bonchev–Trinajstić information content (AvgIpc) is 2.21. The van der Waals surface area contributed by atoms with Gasteiger partial charge in [0.15, 0.2) is 0 Å². The number of hydrogen-bond donors (Lipinski definition) is 0. The lowest BCUT2D eigenvalue weighted by atomic mass is 10.00. The fourth-order valence-electron chi connectivity index (χ4n) is 1.45. The van der Waals surface area contributed by atoms with Crippen molar-refractivity contribution in [1.29, 1.82) is 5.26 Å². The zero-order valence-corrected chi connectivity index (χ0v) is 8.51. The quantitative estimate of drug-likeness (QED) is 0.600. The van der Waals surface area contributed by atoms with E-state index < -0.39 is 0 Å². The zero-order valence-electron chi connectivity index (χ0n) is 8.51. The summed E-state index contributed by atoms with van der Waals surface area (Å²) in [6.45, 7) is 9.43. The van der Waals surface area contributed by atoms with Crippen LogP contribution in [0.2, 0.25) is 0 Å². The van der Waals surface area contributed by atoms with E-state index in [-0.39, 0.29) is 0 Å². The van der Waals surface area contributed by atoms with Crippen molar-refractivity contribution in [3.8, 4) is 6.07 Å². The van der Waals surface area contributed by atoms with Gasteiger partial charge in [0.25, 0.3) is 0 Å². The van der Waals surface area contributed by atoms with E-state index in [4.69, 9.17) is 5.26 Å². The molecule has 0 aromatic rings. The summed E-state index contributed by atoms with van der Waals surface area (Å²) < 4.78 is 0. The molecule has 1 aliphatic rings. The topological polar surface area (TPSA) is 27.0 Å². The van der Waals surface area contributed by atoms with Gasteiger partial charge >= 0.3 is 0 Å². The molecule has 0 amide bonds. The minimum Gasteiger partial charge on any atom is -0.302 e. The van der Waals surface area contributed by atoms with Crippen LogP contribution in [0.4, 0.5) is 0 Å². The fraction of sp³-hybridized carbons (Fsp3) is 0.900. The highest BCUT2D eigenvalue weighted by Crippen LogP contribution is 2.14. The standard InChI is InChI=1S/C8H14N2.C2H6/c1-2-10-5-3-4-8(6-9)7-10;1-2/h8H,2-5,7H2,1H3;1-2H3. The monoisotopic (exact) mass is 168 g/mol. The number of nitriles is 1. The minimum absolute atomic E-state index is 0.300. The Labute approximate surface area is 76.2 Å². The minimum atomic E-state index is 0.300. The van der Waals surface area contributed by atoms with Crippen molar-refractivity contribution in [3.63, 3.8) is 0 Å². The molecule has 0 radical (unpaired) electrons. The Bertz CT molecular complexity index is 137. The molecular weight excluding hydrogens is 148 g/mol. The molecule has 12 heavy (non-hydrogen) atoms. The van der Waals surface area contributed by atoms with E-state index in [9.17, 15) is 0 Å². The third kappa shape index (κ3) is 3.73. The molecule has 1 aliphatic heterocycles. The third-order valence-corrected chi connectivity index (χ3v) is 2.14. The van der Waals surface area contributed by atoms with Crippen LogP contribution in [0.25, 0.3) is 0 Å². The SMILES string of the molecule is CC.CCN1CCCC(C#N)C1. The van der Waals surface area contributed by atoms with Crippen molar-refractivity contribution >= 4 is 0 Å². The van der Waals surface area contributed by atoms with Crippen LogP contribution in [0.3, 0.4) is 0 Å². The van der Waals surface area contributed by atoms with Gasteiger partial charge in [0.2, 0.25) is 0 Å². The molecule has 1 unspecified atom stereocenters. The second kappa shape index (κ2) is 7.12. The summed E-state index contributed by atoms with van der Waals surface area (Å²) >= 11 is 0. The molecule has 0 aliphatic carbocycles. The maximum Gasteiger partial charge on any atom is 0.0669 e. The average molecular weight is 168 g/mol. The molecule has 1 fully saturated rings. The first-order valence-electron chi connectivity index (χ1n) is 4.98. The molecule has 1 atom stereocenters. The summed E-state index contributed by atoms with van der Waals surface area (Å²) in [4.78, 5) is 2.34. The van der Waals surface area contributed by atoms with Crippen LogP contribution in [0.15, 0.2) is 0 Å². The van der Waals surface area contributed by atoms with Gasteiger partial charge in [-0.1, -0.05) is 20.8 Å². The van der Waals surface area contributed by atoms with Crippen LogP contribution in [0.1, 0.15) is 33.6 Å². The number of hydrogen-bond acceptors (Lipinski definition) is 2. The van der Waals surface area contributed by atoms with E-state index in [1.165, 1.54) is 13.0 Å². The summed E-state index contributed by atoms with van der Waals surface area (Å²) in [7, 11) is 0. The van der Waals surface area contributed by atoms with Crippen LogP contribution >= 0.6 is 0 Å². The highest BCUT2D eigenvalue weighted by Gasteiger charge is 2.17. The maximum atomic E-state index is 8.63. The van der Waals surface area contributed by atoms with Gasteiger partial charge in [-0.05, 0) is 25.9 Å². The zero-order chi connectivity index (χ0) is 9.40. The number of nitrogens with zero attached hydrogens (tertiary/aromatic N) is 2. The molecule has 0 N–H and O–H groups in total. The van der Waals surface area contributed by atoms with Crippen molar-refractivity contribution < 1.29 is 0 Å². The first-order chi connectivity index (χ1) is 5.86. The van der Waals surface area contributed by atoms with E-state index in [1.54, 1.807) is 0 Å². The van der Waals surface area contributed by atoms with E-state index >= 15 is 0 Å². The van der Waals surface area contributed by atoms with Crippen molar-refractivity contribution in [2.75, 3.05) is 19.6 Å². The van der Waals surface area contributed by atoms with Gasteiger partial charge in [0.05, 0.1) is 12.0 Å².